The summed E-state index contributed by atoms with van der Waals surface area (Å²) in [7, 11) is 0. The number of ether oxygens (including phenoxy) is 1. The minimum Gasteiger partial charge on any atom is -0.492 e. The number of rotatable bonds is 5. The predicted molar refractivity (Wildman–Crippen MR) is 119 cm³/mol. The Morgan fingerprint density at radius 3 is 2.45 bits per heavy atom. The van der Waals surface area contributed by atoms with Crippen molar-refractivity contribution in [1.82, 2.24) is 0 Å². The number of anilines is 2. The molecule has 0 saturated heterocycles. The van der Waals surface area contributed by atoms with Crippen LogP contribution < -0.4 is 15.0 Å². The average molecular weight is 414 g/mol. The van der Waals surface area contributed by atoms with Crippen molar-refractivity contribution >= 4 is 29.1 Å². The van der Waals surface area contributed by atoms with Crippen LogP contribution in [-0.4, -0.2) is 24.3 Å². The molecule has 4 rings (SSSR count). The minimum absolute atomic E-state index is 0.219. The van der Waals surface area contributed by atoms with Crippen LogP contribution in [0.3, 0.4) is 0 Å². The van der Waals surface area contributed by atoms with Gasteiger partial charge in [0.05, 0.1) is 29.1 Å². The Hall–Kier alpha value is -3.93. The van der Waals surface area contributed by atoms with Gasteiger partial charge in [0.1, 0.15) is 5.75 Å². The lowest BCUT2D eigenvalue weighted by Crippen LogP contribution is -2.30. The number of nitrogens with one attached hydrogen (secondary N) is 1. The van der Waals surface area contributed by atoms with E-state index in [0.29, 0.717) is 23.7 Å². The van der Waals surface area contributed by atoms with E-state index < -0.39 is 5.91 Å². The second-order valence-electron chi connectivity index (χ2n) is 7.31. The fraction of sp³-hybridized carbons (Fsp3) is 0.160. The maximum Gasteiger partial charge on any atom is 0.266 e. The molecular formula is C25H22N2O4. The first-order valence-corrected chi connectivity index (χ1v) is 10.0. The van der Waals surface area contributed by atoms with Gasteiger partial charge < -0.3 is 10.1 Å². The smallest absolute Gasteiger partial charge is 0.266 e. The number of carbonyl (C=O) groups is 3. The highest BCUT2D eigenvalue weighted by Gasteiger charge is 2.38. The number of carbonyl (C=O) groups excluding carboxylic acids is 3. The fourth-order valence-electron chi connectivity index (χ4n) is 3.62. The van der Waals surface area contributed by atoms with Crippen molar-refractivity contribution in [1.29, 1.82) is 0 Å². The molecular weight excluding hydrogens is 392 g/mol. The molecule has 31 heavy (non-hydrogen) atoms. The summed E-state index contributed by atoms with van der Waals surface area (Å²) < 4.78 is 5.54. The lowest BCUT2D eigenvalue weighted by Gasteiger charge is -2.17. The van der Waals surface area contributed by atoms with Crippen molar-refractivity contribution in [3.63, 3.8) is 0 Å². The molecule has 0 radical (unpaired) electrons. The van der Waals surface area contributed by atoms with Crippen LogP contribution in [0.15, 0.2) is 60.7 Å². The molecule has 0 aromatic heterocycles. The second-order valence-corrected chi connectivity index (χ2v) is 7.31. The summed E-state index contributed by atoms with van der Waals surface area (Å²) in [5.74, 6) is -0.646. The molecule has 0 bridgehead atoms. The molecule has 1 N–H and O–H groups in total. The first-order valence-electron chi connectivity index (χ1n) is 10.0. The standard InChI is InChI=1S/C25H22N2O4/c1-4-31-22-11-6-5-9-20(22)26-23(28)17-12-13-18-19(14-17)25(30)27(24(18)29)21-10-7-8-15(2)16(21)3/h5-14H,4H2,1-3H3,(H,26,28). The number of imide groups is 1. The monoisotopic (exact) mass is 414 g/mol. The predicted octanol–water partition coefficient (Wildman–Crippen LogP) is 4.76. The van der Waals surface area contributed by atoms with Crippen LogP contribution in [0, 0.1) is 13.8 Å². The Morgan fingerprint density at radius 1 is 0.935 bits per heavy atom. The Bertz CT molecular complexity index is 1220. The second kappa shape index (κ2) is 8.07. The molecule has 1 heterocycles. The van der Waals surface area contributed by atoms with Crippen molar-refractivity contribution in [2.45, 2.75) is 20.8 Å². The summed E-state index contributed by atoms with van der Waals surface area (Å²) in [5, 5.41) is 2.81. The third-order valence-corrected chi connectivity index (χ3v) is 5.40. The van der Waals surface area contributed by atoms with Crippen LogP contribution >= 0.6 is 0 Å². The van der Waals surface area contributed by atoms with Gasteiger partial charge in [0.2, 0.25) is 0 Å². The van der Waals surface area contributed by atoms with Gasteiger partial charge in [-0.1, -0.05) is 24.3 Å². The largest absolute Gasteiger partial charge is 0.492 e. The molecule has 1 aliphatic rings. The minimum atomic E-state index is -0.432. The van der Waals surface area contributed by atoms with Crippen LogP contribution in [0.2, 0.25) is 0 Å². The Morgan fingerprint density at radius 2 is 1.68 bits per heavy atom. The molecule has 0 aliphatic carbocycles. The van der Waals surface area contributed by atoms with Crippen LogP contribution in [0.25, 0.3) is 0 Å². The van der Waals surface area contributed by atoms with Crippen molar-refractivity contribution in [2.24, 2.45) is 0 Å². The molecule has 6 nitrogen and oxygen atoms in total. The highest BCUT2D eigenvalue weighted by atomic mass is 16.5. The van der Waals surface area contributed by atoms with Gasteiger partial charge in [0.15, 0.2) is 0 Å². The van der Waals surface area contributed by atoms with E-state index in [4.69, 9.17) is 4.74 Å². The summed E-state index contributed by atoms with van der Waals surface area (Å²) >= 11 is 0. The lowest BCUT2D eigenvalue weighted by molar-refractivity contribution is 0.0925. The van der Waals surface area contributed by atoms with Gasteiger partial charge in [-0.3, -0.25) is 14.4 Å². The molecule has 6 heteroatoms. The maximum atomic E-state index is 13.1. The Kier molecular flexibility index (Phi) is 5.29. The Labute approximate surface area is 180 Å². The molecule has 0 atom stereocenters. The molecule has 0 unspecified atom stereocenters. The highest BCUT2D eigenvalue weighted by Crippen LogP contribution is 2.32. The zero-order chi connectivity index (χ0) is 22.1. The topological polar surface area (TPSA) is 75.7 Å². The molecule has 3 amide bonds. The molecule has 1 aliphatic heterocycles. The zero-order valence-electron chi connectivity index (χ0n) is 17.6. The summed E-state index contributed by atoms with van der Waals surface area (Å²) in [6, 6.07) is 17.2. The number of hydrogen-bond acceptors (Lipinski definition) is 4. The SMILES string of the molecule is CCOc1ccccc1NC(=O)c1ccc2c(c1)C(=O)N(c1cccc(C)c1C)C2=O. The highest BCUT2D eigenvalue weighted by molar-refractivity contribution is 6.35. The number of nitrogens with zero attached hydrogens (tertiary/aromatic N) is 1. The van der Waals surface area contributed by atoms with E-state index in [9.17, 15) is 14.4 Å². The number of hydrogen-bond donors (Lipinski definition) is 1. The van der Waals surface area contributed by atoms with Crippen LogP contribution in [-0.2, 0) is 0 Å². The molecule has 3 aromatic carbocycles. The molecule has 0 saturated carbocycles. The van der Waals surface area contributed by atoms with Crippen molar-refractivity contribution in [3.05, 3.63) is 88.5 Å². The lowest BCUT2D eigenvalue weighted by atomic mass is 10.1. The molecule has 156 valence electrons. The average Bonchev–Trinajstić information content (AvgIpc) is 3.01. The summed E-state index contributed by atoms with van der Waals surface area (Å²) in [4.78, 5) is 40.1. The van der Waals surface area contributed by atoms with Gasteiger partial charge in [-0.25, -0.2) is 4.90 Å². The summed E-state index contributed by atoms with van der Waals surface area (Å²) in [6.45, 7) is 6.14. The van der Waals surface area contributed by atoms with E-state index in [1.165, 1.54) is 17.0 Å². The van der Waals surface area contributed by atoms with Gasteiger partial charge in [0.25, 0.3) is 17.7 Å². The van der Waals surface area contributed by atoms with Crippen molar-refractivity contribution < 1.29 is 19.1 Å². The summed E-state index contributed by atoms with van der Waals surface area (Å²) in [5.41, 5.74) is 3.74. The first kappa shape index (κ1) is 20.3. The van der Waals surface area contributed by atoms with Crippen molar-refractivity contribution in [3.8, 4) is 5.75 Å². The molecule has 0 spiro atoms. The van der Waals surface area contributed by atoms with Crippen LogP contribution in [0.5, 0.6) is 5.75 Å². The quantitative estimate of drug-likeness (QED) is 0.611. The maximum absolute atomic E-state index is 13.1. The van der Waals surface area contributed by atoms with Gasteiger partial charge in [-0.15, -0.1) is 0 Å². The van der Waals surface area contributed by atoms with Crippen LogP contribution in [0.4, 0.5) is 11.4 Å². The van der Waals surface area contributed by atoms with E-state index in [0.717, 1.165) is 11.1 Å². The van der Waals surface area contributed by atoms with E-state index in [1.807, 2.05) is 39.0 Å². The van der Waals surface area contributed by atoms with E-state index in [1.54, 1.807) is 30.3 Å². The number of aryl methyl sites for hydroxylation is 1. The van der Waals surface area contributed by atoms with Gasteiger partial charge in [0, 0.05) is 5.56 Å². The van der Waals surface area contributed by atoms with E-state index in [-0.39, 0.29) is 28.5 Å². The fourth-order valence-corrected chi connectivity index (χ4v) is 3.62. The van der Waals surface area contributed by atoms with Gasteiger partial charge in [-0.2, -0.15) is 0 Å². The number of para-hydroxylation sites is 2. The number of fused-ring (bicyclic) bond motifs is 1. The molecule has 0 fully saturated rings. The van der Waals surface area contributed by atoms with Crippen molar-refractivity contribution in [2.75, 3.05) is 16.8 Å². The van der Waals surface area contributed by atoms with Crippen LogP contribution in [0.1, 0.15) is 49.1 Å². The zero-order valence-corrected chi connectivity index (χ0v) is 17.6. The summed E-state index contributed by atoms with van der Waals surface area (Å²) in [6.07, 6.45) is 0. The molecule has 3 aromatic rings. The third kappa shape index (κ3) is 3.57. The Balaban J connectivity index is 1.65. The first-order chi connectivity index (χ1) is 14.9. The number of amides is 3. The van der Waals surface area contributed by atoms with E-state index in [2.05, 4.69) is 5.32 Å². The van der Waals surface area contributed by atoms with Gasteiger partial charge >= 0.3 is 0 Å². The number of benzene rings is 3. The normalized spacial score (nSPS) is 12.7. The van der Waals surface area contributed by atoms with Gasteiger partial charge in [-0.05, 0) is 68.3 Å². The van der Waals surface area contributed by atoms with E-state index >= 15 is 0 Å². The third-order valence-electron chi connectivity index (χ3n) is 5.40.